The number of rotatable bonds is 1. The molecule has 0 radical (unpaired) electrons. The van der Waals surface area contributed by atoms with Gasteiger partial charge in [0.2, 0.25) is 0 Å². The molecule has 2 nitrogen and oxygen atoms in total. The van der Waals surface area contributed by atoms with E-state index in [1.807, 2.05) is 0 Å². The van der Waals surface area contributed by atoms with Gasteiger partial charge in [-0.15, -0.1) is 13.1 Å². The Hall–Kier alpha value is 0.0583. The van der Waals surface area contributed by atoms with Gasteiger partial charge in [-0.25, -0.2) is 0 Å². The van der Waals surface area contributed by atoms with Gasteiger partial charge < -0.3 is 12.7 Å². The first-order chi connectivity index (χ1) is 5.86. The van der Waals surface area contributed by atoms with Crippen LogP contribution >= 0.6 is 0 Å². The maximum Gasteiger partial charge on any atom is 2.00 e. The van der Waals surface area contributed by atoms with E-state index in [9.17, 15) is 0 Å². The second-order valence-electron chi connectivity index (χ2n) is 3.62. The number of hydrogen-bond donors (Lipinski definition) is 0. The fraction of sp³-hybridized carbons (Fsp3) is 0.636. The molecule has 0 saturated carbocycles. The average Bonchev–Trinajstić information content (AvgIpc) is 2.54. The van der Waals surface area contributed by atoms with Crippen LogP contribution in [0.4, 0.5) is 0 Å². The van der Waals surface area contributed by atoms with Crippen molar-refractivity contribution >= 4 is 5.71 Å². The van der Waals surface area contributed by atoms with Crippen molar-refractivity contribution in [1.82, 2.24) is 0 Å². The van der Waals surface area contributed by atoms with E-state index in [1.54, 1.807) is 5.57 Å². The molecule has 0 aromatic rings. The normalized spacial score (nSPS) is 21.8. The molecule has 0 spiro atoms. The smallest absolute Gasteiger partial charge is 0.662 e. The van der Waals surface area contributed by atoms with Crippen molar-refractivity contribution in [2.24, 2.45) is 10.9 Å². The number of hydrogen-bond acceptors (Lipinski definition) is 1. The molecule has 78 valence electrons. The molecule has 0 aromatic carbocycles. The maximum absolute atomic E-state index is 4.39. The summed E-state index contributed by atoms with van der Waals surface area (Å²) >= 11 is 0. The van der Waals surface area contributed by atoms with Gasteiger partial charge in [-0.2, -0.15) is 0 Å². The summed E-state index contributed by atoms with van der Waals surface area (Å²) in [5.74, 6) is 0.781. The first kappa shape index (κ1) is 14.1. The molecule has 0 N–H and O–H groups in total. The van der Waals surface area contributed by atoms with Crippen molar-refractivity contribution in [3.05, 3.63) is 24.4 Å². The van der Waals surface area contributed by atoms with E-state index in [2.05, 4.69) is 23.3 Å². The van der Waals surface area contributed by atoms with E-state index in [0.29, 0.717) is 0 Å². The van der Waals surface area contributed by atoms with Gasteiger partial charge in [-0.05, 0) is 24.5 Å². The van der Waals surface area contributed by atoms with Crippen LogP contribution in [0.5, 0.6) is 0 Å². The molecule has 14 heavy (non-hydrogen) atoms. The van der Waals surface area contributed by atoms with Gasteiger partial charge in [0.05, 0.1) is 6.54 Å². The summed E-state index contributed by atoms with van der Waals surface area (Å²) in [7, 11) is 0. The van der Waals surface area contributed by atoms with Crippen molar-refractivity contribution in [3.63, 3.8) is 0 Å². The summed E-state index contributed by atoms with van der Waals surface area (Å²) in [6.07, 6.45) is 4.75. The fourth-order valence-corrected chi connectivity index (χ4v) is 1.94. The largest absolute Gasteiger partial charge is 2.00 e. The van der Waals surface area contributed by atoms with Gasteiger partial charge in [0.25, 0.3) is 0 Å². The van der Waals surface area contributed by atoms with Gasteiger partial charge in [0.15, 0.2) is 0 Å². The Morgan fingerprint density at radius 3 is 2.50 bits per heavy atom. The predicted octanol–water partition coefficient (Wildman–Crippen LogP) is 2.62. The van der Waals surface area contributed by atoms with Gasteiger partial charge in [0.1, 0.15) is 0 Å². The molecule has 3 heteroatoms. The molecule has 2 rings (SSSR count). The average molecular weight is 362 g/mol. The number of allylic oxidation sites excluding steroid dienone is 1. The molecule has 0 unspecified atom stereocenters. The summed E-state index contributed by atoms with van der Waals surface area (Å²) in [4.78, 5) is 4.39. The van der Waals surface area contributed by atoms with Crippen LogP contribution in [-0.4, -0.2) is 25.3 Å². The molecule has 0 amide bonds. The SMILES string of the molecule is CC1=NCC(C2CC[N-]CC2)=C1.[CH3-].[W+2]. The van der Waals surface area contributed by atoms with Crippen LogP contribution in [-0.2, 0) is 21.1 Å². The van der Waals surface area contributed by atoms with Crippen molar-refractivity contribution in [2.45, 2.75) is 19.8 Å². The zero-order chi connectivity index (χ0) is 8.39. The minimum Gasteiger partial charge on any atom is -0.662 e. The van der Waals surface area contributed by atoms with E-state index < -0.39 is 0 Å². The Labute approximate surface area is 102 Å². The van der Waals surface area contributed by atoms with E-state index in [-0.39, 0.29) is 28.5 Å². The van der Waals surface area contributed by atoms with Crippen LogP contribution in [0.1, 0.15) is 19.8 Å². The molecule has 2 aliphatic rings. The van der Waals surface area contributed by atoms with Gasteiger partial charge in [-0.1, -0.05) is 12.8 Å². The van der Waals surface area contributed by atoms with Crippen molar-refractivity contribution in [3.8, 4) is 0 Å². The molecule has 1 fully saturated rings. The summed E-state index contributed by atoms with van der Waals surface area (Å²) in [5.41, 5.74) is 2.75. The second-order valence-corrected chi connectivity index (χ2v) is 3.62. The molecular weight excluding hydrogens is 344 g/mol. The van der Waals surface area contributed by atoms with Gasteiger partial charge >= 0.3 is 21.1 Å². The van der Waals surface area contributed by atoms with Crippen molar-refractivity contribution < 1.29 is 21.1 Å². The summed E-state index contributed by atoms with van der Waals surface area (Å²) < 4.78 is 0. The van der Waals surface area contributed by atoms with Gasteiger partial charge in [0, 0.05) is 5.71 Å². The third kappa shape index (κ3) is 3.33. The minimum atomic E-state index is 0. The second kappa shape index (κ2) is 6.53. The number of aliphatic imine (C=N–C) groups is 1. The van der Waals surface area contributed by atoms with Crippen LogP contribution in [0, 0.1) is 13.3 Å². The Bertz CT molecular complexity index is 227. The first-order valence-corrected chi connectivity index (χ1v) is 4.71. The third-order valence-corrected chi connectivity index (χ3v) is 2.70. The molecule has 0 atom stereocenters. The molecule has 0 aromatic heterocycles. The molecule has 1 saturated heterocycles. The Balaban J connectivity index is 0.000000845. The zero-order valence-electron chi connectivity index (χ0n) is 8.99. The van der Waals surface area contributed by atoms with Gasteiger partial charge in [-0.3, -0.25) is 4.99 Å². The van der Waals surface area contributed by atoms with Crippen LogP contribution < -0.4 is 0 Å². The van der Waals surface area contributed by atoms with Crippen molar-refractivity contribution in [2.75, 3.05) is 19.6 Å². The topological polar surface area (TPSA) is 26.5 Å². The maximum atomic E-state index is 4.39. The van der Waals surface area contributed by atoms with Crippen LogP contribution in [0.15, 0.2) is 16.6 Å². The first-order valence-electron chi connectivity index (χ1n) is 4.71. The molecule has 0 bridgehead atoms. The van der Waals surface area contributed by atoms with E-state index in [1.165, 1.54) is 18.6 Å². The molecule has 0 aliphatic carbocycles. The Kier molecular flexibility index (Phi) is 6.55. The fourth-order valence-electron chi connectivity index (χ4n) is 1.94. The van der Waals surface area contributed by atoms with E-state index >= 15 is 0 Å². The molecular formula is C11H18N2W. The monoisotopic (exact) mass is 362 g/mol. The van der Waals surface area contributed by atoms with E-state index in [4.69, 9.17) is 0 Å². The number of piperidine rings is 1. The standard InChI is InChI=1S/C10H15N2.CH3.W/c1-8-6-10(7-12-8)9-2-4-11-5-3-9;;/h6,9H,2-5,7H2,1H3;1H3;/q2*-1;+2. The minimum absolute atomic E-state index is 0. The van der Waals surface area contributed by atoms with Crippen LogP contribution in [0.25, 0.3) is 5.32 Å². The number of nitrogens with zero attached hydrogens (tertiary/aromatic N) is 2. The zero-order valence-corrected chi connectivity index (χ0v) is 11.9. The summed E-state index contributed by atoms with van der Waals surface area (Å²) in [6.45, 7) is 5.15. The third-order valence-electron chi connectivity index (χ3n) is 2.70. The quantitative estimate of drug-likeness (QED) is 0.642. The predicted molar refractivity (Wildman–Crippen MR) is 58.3 cm³/mol. The van der Waals surface area contributed by atoms with Crippen LogP contribution in [0.2, 0.25) is 0 Å². The van der Waals surface area contributed by atoms with Crippen molar-refractivity contribution in [1.29, 1.82) is 0 Å². The Morgan fingerprint density at radius 1 is 1.36 bits per heavy atom. The summed E-state index contributed by atoms with van der Waals surface area (Å²) in [5, 5.41) is 4.35. The Morgan fingerprint density at radius 2 is 2.00 bits per heavy atom. The van der Waals surface area contributed by atoms with Crippen LogP contribution in [0.3, 0.4) is 0 Å². The molecule has 2 heterocycles. The summed E-state index contributed by atoms with van der Waals surface area (Å²) in [6, 6.07) is 0. The molecule has 2 aliphatic heterocycles. The van der Waals surface area contributed by atoms with E-state index in [0.717, 1.165) is 25.6 Å².